The van der Waals surface area contributed by atoms with E-state index in [-0.39, 0.29) is 5.41 Å². The van der Waals surface area contributed by atoms with Crippen LogP contribution in [0.2, 0.25) is 0 Å². The van der Waals surface area contributed by atoms with Crippen molar-refractivity contribution in [2.45, 2.75) is 115 Å². The third-order valence-corrected chi connectivity index (χ3v) is 8.62. The van der Waals surface area contributed by atoms with E-state index in [0.29, 0.717) is 6.42 Å². The standard InChI is InChI=1S/C35H46N2O2/c1-2-3-4-8-13-28-15-17-29(18-16-28)30-19-21-31(22-20-30)34-36-26-32(27-37-34)35(24-11-12-25-35)23-10-7-5-6-9-14-33(38)39/h15-22,26-27H,2-14,23-25H2,1H3,(H,38,39). The molecule has 208 valence electrons. The molecule has 1 aliphatic rings. The van der Waals surface area contributed by atoms with Gasteiger partial charge in [-0.05, 0) is 66.2 Å². The van der Waals surface area contributed by atoms with Crippen molar-refractivity contribution in [3.05, 3.63) is 72.1 Å². The van der Waals surface area contributed by atoms with Crippen molar-refractivity contribution in [2.75, 3.05) is 0 Å². The number of hydrogen-bond acceptors (Lipinski definition) is 3. The molecule has 1 aliphatic carbocycles. The van der Waals surface area contributed by atoms with Crippen LogP contribution in [-0.4, -0.2) is 21.0 Å². The molecule has 0 bridgehead atoms. The predicted octanol–water partition coefficient (Wildman–Crippen LogP) is 9.56. The molecule has 0 saturated heterocycles. The van der Waals surface area contributed by atoms with Crippen LogP contribution >= 0.6 is 0 Å². The van der Waals surface area contributed by atoms with Crippen molar-refractivity contribution < 1.29 is 9.90 Å². The molecule has 4 heteroatoms. The number of carbonyl (C=O) groups is 1. The van der Waals surface area contributed by atoms with Crippen molar-refractivity contribution in [2.24, 2.45) is 0 Å². The molecule has 1 N–H and O–H groups in total. The van der Waals surface area contributed by atoms with E-state index in [2.05, 4.69) is 67.8 Å². The summed E-state index contributed by atoms with van der Waals surface area (Å²) >= 11 is 0. The Bertz CT molecular complexity index is 1130. The van der Waals surface area contributed by atoms with E-state index < -0.39 is 5.97 Å². The number of hydrogen-bond donors (Lipinski definition) is 1. The maximum atomic E-state index is 10.7. The highest BCUT2D eigenvalue weighted by Crippen LogP contribution is 2.44. The van der Waals surface area contributed by atoms with Crippen molar-refractivity contribution in [3.8, 4) is 22.5 Å². The summed E-state index contributed by atoms with van der Waals surface area (Å²) in [7, 11) is 0. The van der Waals surface area contributed by atoms with Crippen molar-refractivity contribution >= 4 is 5.97 Å². The lowest BCUT2D eigenvalue weighted by Gasteiger charge is -2.29. The van der Waals surface area contributed by atoms with Gasteiger partial charge < -0.3 is 5.11 Å². The van der Waals surface area contributed by atoms with Gasteiger partial charge in [-0.3, -0.25) is 4.79 Å². The van der Waals surface area contributed by atoms with Crippen molar-refractivity contribution in [3.63, 3.8) is 0 Å². The van der Waals surface area contributed by atoms with Crippen molar-refractivity contribution in [1.29, 1.82) is 0 Å². The van der Waals surface area contributed by atoms with E-state index >= 15 is 0 Å². The number of aliphatic carboxylic acids is 1. The van der Waals surface area contributed by atoms with Gasteiger partial charge in [0.25, 0.3) is 0 Å². The zero-order valence-electron chi connectivity index (χ0n) is 23.8. The highest BCUT2D eigenvalue weighted by molar-refractivity contribution is 5.68. The lowest BCUT2D eigenvalue weighted by molar-refractivity contribution is -0.137. The van der Waals surface area contributed by atoms with Crippen molar-refractivity contribution in [1.82, 2.24) is 9.97 Å². The number of rotatable bonds is 16. The monoisotopic (exact) mass is 526 g/mol. The maximum Gasteiger partial charge on any atom is 0.303 e. The number of carboxylic acid groups (broad SMARTS) is 1. The number of nitrogens with zero attached hydrogens (tertiary/aromatic N) is 2. The minimum absolute atomic E-state index is 0.214. The quantitative estimate of drug-likeness (QED) is 0.189. The smallest absolute Gasteiger partial charge is 0.303 e. The third-order valence-electron chi connectivity index (χ3n) is 8.62. The van der Waals surface area contributed by atoms with Gasteiger partial charge in [0.15, 0.2) is 5.82 Å². The van der Waals surface area contributed by atoms with E-state index in [1.54, 1.807) is 0 Å². The Kier molecular flexibility index (Phi) is 11.1. The largest absolute Gasteiger partial charge is 0.481 e. The summed E-state index contributed by atoms with van der Waals surface area (Å²) in [6.45, 7) is 2.26. The molecule has 1 heterocycles. The molecule has 3 aromatic rings. The molecular weight excluding hydrogens is 480 g/mol. The first-order chi connectivity index (χ1) is 19.1. The van der Waals surface area contributed by atoms with Crippen LogP contribution in [0.5, 0.6) is 0 Å². The molecule has 0 amide bonds. The van der Waals surface area contributed by atoms with Crippen LogP contribution in [0.15, 0.2) is 60.9 Å². The first-order valence-electron chi connectivity index (χ1n) is 15.3. The maximum absolute atomic E-state index is 10.7. The number of unbranched alkanes of at least 4 members (excludes halogenated alkanes) is 7. The van der Waals surface area contributed by atoms with Gasteiger partial charge in [0.05, 0.1) is 0 Å². The lowest BCUT2D eigenvalue weighted by atomic mass is 9.76. The van der Waals surface area contributed by atoms with Crippen LogP contribution in [0.4, 0.5) is 0 Å². The minimum atomic E-state index is -0.683. The first-order valence-corrected chi connectivity index (χ1v) is 15.3. The third kappa shape index (κ3) is 8.49. The Morgan fingerprint density at radius 1 is 0.744 bits per heavy atom. The summed E-state index contributed by atoms with van der Waals surface area (Å²) < 4.78 is 0. The topological polar surface area (TPSA) is 63.1 Å². The van der Waals surface area contributed by atoms with Gasteiger partial charge in [-0.25, -0.2) is 9.97 Å². The Labute approximate surface area is 235 Å². The highest BCUT2D eigenvalue weighted by Gasteiger charge is 2.35. The summed E-state index contributed by atoms with van der Waals surface area (Å²) in [6, 6.07) is 17.7. The average Bonchev–Trinajstić information content (AvgIpc) is 3.45. The summed E-state index contributed by atoms with van der Waals surface area (Å²) in [4.78, 5) is 20.3. The first kappa shape index (κ1) is 29.0. The van der Waals surface area contributed by atoms with Crippen LogP contribution in [0.3, 0.4) is 0 Å². The van der Waals surface area contributed by atoms with E-state index in [1.807, 2.05) is 0 Å². The summed E-state index contributed by atoms with van der Waals surface area (Å²) in [5.74, 6) is 0.108. The summed E-state index contributed by atoms with van der Waals surface area (Å²) in [6.07, 6.45) is 22.3. The van der Waals surface area contributed by atoms with E-state index in [1.165, 1.54) is 99.3 Å². The molecule has 2 aromatic carbocycles. The SMILES string of the molecule is CCCCCCc1ccc(-c2ccc(-c3ncc(C4(CCCCCCCC(=O)O)CCCC4)cn3)cc2)cc1. The Hall–Kier alpha value is -3.01. The molecule has 1 fully saturated rings. The average molecular weight is 527 g/mol. The van der Waals surface area contributed by atoms with Gasteiger partial charge in [0, 0.05) is 24.4 Å². The van der Waals surface area contributed by atoms with Crippen LogP contribution in [0.1, 0.15) is 114 Å². The number of benzene rings is 2. The van der Waals surface area contributed by atoms with Crippen LogP contribution < -0.4 is 0 Å². The van der Waals surface area contributed by atoms with Gasteiger partial charge in [-0.1, -0.05) is 113 Å². The minimum Gasteiger partial charge on any atom is -0.481 e. The molecule has 0 spiro atoms. The second-order valence-electron chi connectivity index (χ2n) is 11.5. The molecule has 0 aliphatic heterocycles. The number of carboxylic acids is 1. The fraction of sp³-hybridized carbons (Fsp3) is 0.514. The van der Waals surface area contributed by atoms with Gasteiger partial charge in [0.2, 0.25) is 0 Å². The summed E-state index contributed by atoms with van der Waals surface area (Å²) in [5, 5.41) is 8.80. The van der Waals surface area contributed by atoms with Crippen LogP contribution in [0.25, 0.3) is 22.5 Å². The van der Waals surface area contributed by atoms with Gasteiger partial charge in [-0.2, -0.15) is 0 Å². The van der Waals surface area contributed by atoms with Gasteiger partial charge in [0.1, 0.15) is 0 Å². The zero-order valence-corrected chi connectivity index (χ0v) is 23.8. The number of aromatic nitrogens is 2. The summed E-state index contributed by atoms with van der Waals surface area (Å²) in [5.41, 5.74) is 6.46. The van der Waals surface area contributed by atoms with Gasteiger partial charge in [-0.15, -0.1) is 0 Å². The van der Waals surface area contributed by atoms with Crippen LogP contribution in [0, 0.1) is 0 Å². The lowest BCUT2D eigenvalue weighted by Crippen LogP contribution is -2.22. The second-order valence-corrected chi connectivity index (χ2v) is 11.5. The Morgan fingerprint density at radius 2 is 1.31 bits per heavy atom. The molecule has 0 radical (unpaired) electrons. The predicted molar refractivity (Wildman–Crippen MR) is 161 cm³/mol. The van der Waals surface area contributed by atoms with Gasteiger partial charge >= 0.3 is 5.97 Å². The molecule has 1 aromatic heterocycles. The van der Waals surface area contributed by atoms with Crippen LogP contribution in [-0.2, 0) is 16.6 Å². The van der Waals surface area contributed by atoms with E-state index in [9.17, 15) is 4.79 Å². The normalized spacial score (nSPS) is 14.5. The van der Waals surface area contributed by atoms with E-state index in [0.717, 1.165) is 30.7 Å². The molecule has 1 saturated carbocycles. The highest BCUT2D eigenvalue weighted by atomic mass is 16.4. The molecule has 39 heavy (non-hydrogen) atoms. The molecule has 4 rings (SSSR count). The molecule has 4 nitrogen and oxygen atoms in total. The molecular formula is C35H46N2O2. The zero-order chi connectivity index (χ0) is 27.3. The second kappa shape index (κ2) is 15.0. The fourth-order valence-corrected chi connectivity index (χ4v) is 6.19. The Balaban J connectivity index is 1.32. The fourth-order valence-electron chi connectivity index (χ4n) is 6.19. The molecule has 0 unspecified atom stereocenters. The van der Waals surface area contributed by atoms with E-state index in [4.69, 9.17) is 15.1 Å². The molecule has 0 atom stereocenters. The Morgan fingerprint density at radius 3 is 1.95 bits per heavy atom. The number of aryl methyl sites for hydroxylation is 1.